The molecule has 0 saturated heterocycles. The van der Waals surface area contributed by atoms with Gasteiger partial charge in [-0.2, -0.15) is 13.2 Å². The third kappa shape index (κ3) is 4.36. The first-order chi connectivity index (χ1) is 12.3. The van der Waals surface area contributed by atoms with E-state index in [1.807, 2.05) is 12.1 Å². The average molecular weight is 399 g/mol. The third-order valence-corrected chi connectivity index (χ3v) is 4.45. The standard InChI is InChI=1S/C16H10ClF3N4OS/c17-11-4-2-1-3-10(11)14-22-9(8-26-14)7-13(25)24-15-21-6-5-12(23-15)16(18,19)20/h1-6,8H,7H2,(H,21,23,24,25). The van der Waals surface area contributed by atoms with Crippen molar-refractivity contribution in [3.05, 3.63) is 58.3 Å². The van der Waals surface area contributed by atoms with Gasteiger partial charge in [0.25, 0.3) is 0 Å². The van der Waals surface area contributed by atoms with Gasteiger partial charge in [-0.3, -0.25) is 10.1 Å². The Balaban J connectivity index is 1.69. The summed E-state index contributed by atoms with van der Waals surface area (Å²) in [4.78, 5) is 23.3. The maximum absolute atomic E-state index is 12.6. The highest BCUT2D eigenvalue weighted by Crippen LogP contribution is 2.30. The smallest absolute Gasteiger partial charge is 0.294 e. The quantitative estimate of drug-likeness (QED) is 0.704. The fourth-order valence-corrected chi connectivity index (χ4v) is 3.20. The van der Waals surface area contributed by atoms with Crippen LogP contribution in [0.1, 0.15) is 11.4 Å². The van der Waals surface area contributed by atoms with E-state index in [-0.39, 0.29) is 6.42 Å². The normalized spacial score (nSPS) is 11.4. The minimum atomic E-state index is -4.61. The lowest BCUT2D eigenvalue weighted by Crippen LogP contribution is -2.18. The van der Waals surface area contributed by atoms with E-state index in [0.717, 1.165) is 17.8 Å². The van der Waals surface area contributed by atoms with E-state index in [1.54, 1.807) is 17.5 Å². The van der Waals surface area contributed by atoms with Crippen LogP contribution in [0.2, 0.25) is 5.02 Å². The molecule has 0 aliphatic carbocycles. The molecule has 3 rings (SSSR count). The Kier molecular flexibility index (Phi) is 5.19. The number of carbonyl (C=O) groups is 1. The lowest BCUT2D eigenvalue weighted by Gasteiger charge is -2.07. The number of nitrogens with one attached hydrogen (secondary N) is 1. The number of nitrogens with zero attached hydrogens (tertiary/aromatic N) is 3. The monoisotopic (exact) mass is 398 g/mol. The zero-order valence-electron chi connectivity index (χ0n) is 12.9. The van der Waals surface area contributed by atoms with Crippen LogP contribution in [0, 0.1) is 0 Å². The molecule has 1 N–H and O–H groups in total. The lowest BCUT2D eigenvalue weighted by atomic mass is 10.2. The summed E-state index contributed by atoms with van der Waals surface area (Å²) >= 11 is 7.43. The van der Waals surface area contributed by atoms with Crippen LogP contribution in [0.4, 0.5) is 19.1 Å². The maximum atomic E-state index is 12.6. The lowest BCUT2D eigenvalue weighted by molar-refractivity contribution is -0.141. The first-order valence-electron chi connectivity index (χ1n) is 7.22. The van der Waals surface area contributed by atoms with Crippen molar-refractivity contribution >= 4 is 34.8 Å². The van der Waals surface area contributed by atoms with Gasteiger partial charge in [0.15, 0.2) is 0 Å². The van der Waals surface area contributed by atoms with Crippen molar-refractivity contribution in [1.29, 1.82) is 0 Å². The van der Waals surface area contributed by atoms with Gasteiger partial charge >= 0.3 is 6.18 Å². The van der Waals surface area contributed by atoms with E-state index in [1.165, 1.54) is 11.3 Å². The summed E-state index contributed by atoms with van der Waals surface area (Å²) in [6, 6.07) is 7.88. The maximum Gasteiger partial charge on any atom is 0.433 e. The molecule has 0 aliphatic rings. The second-order valence-corrected chi connectivity index (χ2v) is 6.38. The second kappa shape index (κ2) is 7.38. The molecule has 1 aromatic carbocycles. The van der Waals surface area contributed by atoms with Gasteiger partial charge in [-0.15, -0.1) is 11.3 Å². The minimum absolute atomic E-state index is 0.124. The van der Waals surface area contributed by atoms with Gasteiger partial charge in [0, 0.05) is 17.1 Å². The molecule has 0 saturated carbocycles. The van der Waals surface area contributed by atoms with Crippen LogP contribution in [0.15, 0.2) is 41.9 Å². The van der Waals surface area contributed by atoms with Crippen LogP contribution in [0.5, 0.6) is 0 Å². The van der Waals surface area contributed by atoms with Gasteiger partial charge in [-0.1, -0.05) is 29.8 Å². The number of aromatic nitrogens is 3. The van der Waals surface area contributed by atoms with Crippen LogP contribution in [0.25, 0.3) is 10.6 Å². The number of thiazole rings is 1. The van der Waals surface area contributed by atoms with Crippen LogP contribution in [0.3, 0.4) is 0 Å². The van der Waals surface area contributed by atoms with Crippen LogP contribution < -0.4 is 5.32 Å². The molecule has 0 atom stereocenters. The molecule has 3 aromatic rings. The van der Waals surface area contributed by atoms with Crippen molar-refractivity contribution < 1.29 is 18.0 Å². The van der Waals surface area contributed by atoms with Crippen molar-refractivity contribution in [2.24, 2.45) is 0 Å². The number of hydrogen-bond acceptors (Lipinski definition) is 5. The topological polar surface area (TPSA) is 67.8 Å². The molecule has 0 bridgehead atoms. The summed E-state index contributed by atoms with van der Waals surface area (Å²) in [5.41, 5.74) is 0.0823. The van der Waals surface area contributed by atoms with E-state index in [2.05, 4.69) is 20.3 Å². The largest absolute Gasteiger partial charge is 0.433 e. The fourth-order valence-electron chi connectivity index (χ4n) is 2.06. The zero-order valence-corrected chi connectivity index (χ0v) is 14.5. The van der Waals surface area contributed by atoms with E-state index in [9.17, 15) is 18.0 Å². The Labute approximate surface area is 154 Å². The molecule has 2 aromatic heterocycles. The number of anilines is 1. The van der Waals surface area contributed by atoms with Gasteiger partial charge in [0.1, 0.15) is 10.7 Å². The van der Waals surface area contributed by atoms with Gasteiger partial charge in [0.2, 0.25) is 11.9 Å². The Hall–Kier alpha value is -2.52. The van der Waals surface area contributed by atoms with Crippen LogP contribution >= 0.6 is 22.9 Å². The summed E-state index contributed by atoms with van der Waals surface area (Å²) < 4.78 is 37.9. The number of amides is 1. The van der Waals surface area contributed by atoms with Crippen molar-refractivity contribution in [2.75, 3.05) is 5.32 Å². The molecular weight excluding hydrogens is 389 g/mol. The predicted molar refractivity (Wildman–Crippen MR) is 91.9 cm³/mol. The van der Waals surface area contributed by atoms with E-state index >= 15 is 0 Å². The van der Waals surface area contributed by atoms with E-state index in [4.69, 9.17) is 11.6 Å². The predicted octanol–water partition coefficient (Wildman–Crippen LogP) is 4.45. The average Bonchev–Trinajstić information content (AvgIpc) is 3.02. The SMILES string of the molecule is O=C(Cc1csc(-c2ccccc2Cl)n1)Nc1nccc(C(F)(F)F)n1. The first kappa shape index (κ1) is 18.3. The molecule has 134 valence electrons. The van der Waals surface area contributed by atoms with Gasteiger partial charge < -0.3 is 0 Å². The number of hydrogen-bond donors (Lipinski definition) is 1. The molecule has 5 nitrogen and oxygen atoms in total. The first-order valence-corrected chi connectivity index (χ1v) is 8.48. The van der Waals surface area contributed by atoms with Crippen molar-refractivity contribution in [1.82, 2.24) is 15.0 Å². The summed E-state index contributed by atoms with van der Waals surface area (Å²) in [6.07, 6.45) is -3.80. The highest BCUT2D eigenvalue weighted by Gasteiger charge is 2.32. The molecule has 2 heterocycles. The molecule has 26 heavy (non-hydrogen) atoms. The van der Waals surface area contributed by atoms with Crippen molar-refractivity contribution in [2.45, 2.75) is 12.6 Å². The van der Waals surface area contributed by atoms with Gasteiger partial charge in [-0.25, -0.2) is 15.0 Å². The Bertz CT molecular complexity index is 945. The molecule has 0 radical (unpaired) electrons. The molecule has 0 spiro atoms. The summed E-state index contributed by atoms with van der Waals surface area (Å²) in [5, 5.41) is 5.11. The minimum Gasteiger partial charge on any atom is -0.294 e. The Morgan fingerprint density at radius 1 is 1.19 bits per heavy atom. The van der Waals surface area contributed by atoms with Crippen LogP contribution in [-0.4, -0.2) is 20.9 Å². The number of benzene rings is 1. The highest BCUT2D eigenvalue weighted by molar-refractivity contribution is 7.13. The molecule has 1 amide bonds. The summed E-state index contributed by atoms with van der Waals surface area (Å²) in [5.74, 6) is -0.980. The van der Waals surface area contributed by atoms with Crippen molar-refractivity contribution in [3.63, 3.8) is 0 Å². The number of rotatable bonds is 4. The zero-order chi connectivity index (χ0) is 18.7. The van der Waals surface area contributed by atoms with E-state index in [0.29, 0.717) is 15.7 Å². The Morgan fingerprint density at radius 2 is 1.96 bits per heavy atom. The summed E-state index contributed by atoms with van der Waals surface area (Å²) in [7, 11) is 0. The van der Waals surface area contributed by atoms with Crippen molar-refractivity contribution in [3.8, 4) is 10.6 Å². The molecule has 0 fully saturated rings. The Morgan fingerprint density at radius 3 is 2.69 bits per heavy atom. The number of carbonyl (C=O) groups excluding carboxylic acids is 1. The van der Waals surface area contributed by atoms with E-state index < -0.39 is 23.7 Å². The third-order valence-electron chi connectivity index (χ3n) is 3.19. The van der Waals surface area contributed by atoms with Gasteiger partial charge in [-0.05, 0) is 12.1 Å². The fraction of sp³-hybridized carbons (Fsp3) is 0.125. The summed E-state index contributed by atoms with van der Waals surface area (Å²) in [6.45, 7) is 0. The number of alkyl halides is 3. The highest BCUT2D eigenvalue weighted by atomic mass is 35.5. The molecular formula is C16H10ClF3N4OS. The van der Waals surface area contributed by atoms with Crippen LogP contribution in [-0.2, 0) is 17.4 Å². The molecule has 0 unspecified atom stereocenters. The van der Waals surface area contributed by atoms with Gasteiger partial charge in [0.05, 0.1) is 17.1 Å². The number of halogens is 4. The second-order valence-electron chi connectivity index (χ2n) is 5.11. The molecule has 0 aliphatic heterocycles. The molecule has 10 heteroatoms.